The van der Waals surface area contributed by atoms with Gasteiger partial charge >= 0.3 is 0 Å². The molecule has 2 N–H and O–H groups in total. The van der Waals surface area contributed by atoms with Crippen LogP contribution >= 0.6 is 0 Å². The first kappa shape index (κ1) is 20.6. The number of benzene rings is 2. The number of amides is 2. The Morgan fingerprint density at radius 3 is 2.77 bits per heavy atom. The molecule has 0 spiro atoms. The van der Waals surface area contributed by atoms with Crippen molar-refractivity contribution in [3.8, 4) is 5.75 Å². The van der Waals surface area contributed by atoms with Crippen LogP contribution in [0.3, 0.4) is 0 Å². The van der Waals surface area contributed by atoms with Crippen LogP contribution in [0.1, 0.15) is 12.0 Å². The monoisotopic (exact) mass is 421 g/mol. The van der Waals surface area contributed by atoms with E-state index in [1.54, 1.807) is 43.4 Å². The maximum Gasteiger partial charge on any atom is 0.248 e. The van der Waals surface area contributed by atoms with Crippen LogP contribution in [0.15, 0.2) is 53.3 Å². The summed E-state index contributed by atoms with van der Waals surface area (Å²) in [6.07, 6.45) is 0.130. The summed E-state index contributed by atoms with van der Waals surface area (Å²) >= 11 is 0. The van der Waals surface area contributed by atoms with Crippen LogP contribution in [0.25, 0.3) is 10.9 Å². The predicted octanol–water partition coefficient (Wildman–Crippen LogP) is 2.67. The molecule has 4 rings (SSSR count). The van der Waals surface area contributed by atoms with Gasteiger partial charge in [0.15, 0.2) is 0 Å². The first-order valence-corrected chi connectivity index (χ1v) is 9.88. The number of fused-ring (bicyclic) bond motifs is 1. The molecule has 0 saturated carbocycles. The van der Waals surface area contributed by atoms with Crippen LogP contribution in [-0.2, 0) is 20.9 Å². The second-order valence-electron chi connectivity index (χ2n) is 7.45. The van der Waals surface area contributed by atoms with Crippen molar-refractivity contribution in [1.82, 2.24) is 4.98 Å². The van der Waals surface area contributed by atoms with Crippen molar-refractivity contribution in [3.63, 3.8) is 0 Å². The van der Waals surface area contributed by atoms with E-state index in [0.717, 1.165) is 10.9 Å². The minimum absolute atomic E-state index is 0.111. The van der Waals surface area contributed by atoms with E-state index in [-0.39, 0.29) is 23.8 Å². The second-order valence-corrected chi connectivity index (χ2v) is 7.45. The van der Waals surface area contributed by atoms with Crippen LogP contribution in [0.5, 0.6) is 5.75 Å². The molecule has 1 aliphatic heterocycles. The molecule has 0 aliphatic carbocycles. The summed E-state index contributed by atoms with van der Waals surface area (Å²) in [6.45, 7) is 0.608. The van der Waals surface area contributed by atoms with Crippen molar-refractivity contribution in [2.45, 2.75) is 13.0 Å². The Morgan fingerprint density at radius 2 is 2.00 bits per heavy atom. The highest BCUT2D eigenvalue weighted by atomic mass is 16.5. The lowest BCUT2D eigenvalue weighted by Crippen LogP contribution is -2.28. The van der Waals surface area contributed by atoms with Gasteiger partial charge in [-0.3, -0.25) is 14.4 Å². The largest absolute Gasteiger partial charge is 0.497 e. The molecule has 8 heteroatoms. The van der Waals surface area contributed by atoms with Crippen LogP contribution < -0.4 is 20.5 Å². The maximum atomic E-state index is 12.8. The number of pyridine rings is 1. The maximum absolute atomic E-state index is 12.8. The molecule has 1 fully saturated rings. The molecule has 2 amide bonds. The Morgan fingerprint density at radius 1 is 1.16 bits per heavy atom. The standard InChI is InChI=1S/C23H23N3O5/c1-30-13-15-8-21(27)25-20-10-16(6-7-19(15)20)24-23(29)14-9-22(28)26(12-14)17-4-3-5-18(11-17)31-2/h3-8,10-11,14H,9,12-13H2,1-2H3,(H,24,29)(H,25,27). The lowest BCUT2D eigenvalue weighted by Gasteiger charge is -2.17. The summed E-state index contributed by atoms with van der Waals surface area (Å²) in [5, 5.41) is 3.71. The van der Waals surface area contributed by atoms with Gasteiger partial charge in [0.2, 0.25) is 17.4 Å². The number of anilines is 2. The molecule has 1 atom stereocenters. The van der Waals surface area contributed by atoms with E-state index in [2.05, 4.69) is 10.3 Å². The van der Waals surface area contributed by atoms with E-state index < -0.39 is 5.92 Å². The molecule has 2 heterocycles. The topological polar surface area (TPSA) is 101 Å². The number of aromatic amines is 1. The van der Waals surface area contributed by atoms with Gasteiger partial charge in [0, 0.05) is 49.0 Å². The lowest BCUT2D eigenvalue weighted by atomic mass is 10.1. The zero-order valence-electron chi connectivity index (χ0n) is 17.3. The number of methoxy groups -OCH3 is 2. The average Bonchev–Trinajstić information content (AvgIpc) is 3.15. The molecular weight excluding hydrogens is 398 g/mol. The van der Waals surface area contributed by atoms with Gasteiger partial charge in [-0.2, -0.15) is 0 Å². The third kappa shape index (κ3) is 4.29. The molecule has 31 heavy (non-hydrogen) atoms. The van der Waals surface area contributed by atoms with Gasteiger partial charge in [-0.25, -0.2) is 0 Å². The number of hydrogen-bond acceptors (Lipinski definition) is 5. The van der Waals surface area contributed by atoms with Crippen molar-refractivity contribution in [2.75, 3.05) is 31.0 Å². The van der Waals surface area contributed by atoms with Gasteiger partial charge in [-0.1, -0.05) is 12.1 Å². The van der Waals surface area contributed by atoms with E-state index in [1.165, 1.54) is 6.07 Å². The molecule has 1 saturated heterocycles. The first-order chi connectivity index (χ1) is 15.0. The van der Waals surface area contributed by atoms with Crippen LogP contribution in [-0.4, -0.2) is 37.6 Å². The van der Waals surface area contributed by atoms with E-state index in [4.69, 9.17) is 9.47 Å². The predicted molar refractivity (Wildman–Crippen MR) is 117 cm³/mol. The molecular formula is C23H23N3O5. The summed E-state index contributed by atoms with van der Waals surface area (Å²) < 4.78 is 10.4. The normalized spacial score (nSPS) is 16.0. The number of carbonyl (C=O) groups is 2. The fourth-order valence-corrected chi connectivity index (χ4v) is 3.84. The summed E-state index contributed by atoms with van der Waals surface area (Å²) in [6, 6.07) is 14.0. The summed E-state index contributed by atoms with van der Waals surface area (Å²) in [4.78, 5) is 41.6. The molecule has 2 aromatic carbocycles. The number of H-pyrrole nitrogens is 1. The third-order valence-corrected chi connectivity index (χ3v) is 5.36. The molecule has 1 aliphatic rings. The van der Waals surface area contributed by atoms with Gasteiger partial charge in [-0.05, 0) is 29.8 Å². The molecule has 0 bridgehead atoms. The van der Waals surface area contributed by atoms with Crippen molar-refractivity contribution >= 4 is 34.1 Å². The molecule has 3 aromatic rings. The van der Waals surface area contributed by atoms with Crippen molar-refractivity contribution in [1.29, 1.82) is 0 Å². The molecule has 0 radical (unpaired) electrons. The molecule has 1 unspecified atom stereocenters. The summed E-state index contributed by atoms with van der Waals surface area (Å²) in [5.41, 5.74) is 2.40. The molecule has 160 valence electrons. The number of carbonyl (C=O) groups excluding carboxylic acids is 2. The highest BCUT2D eigenvalue weighted by molar-refractivity contribution is 6.04. The van der Waals surface area contributed by atoms with Gasteiger partial charge in [0.05, 0.1) is 25.2 Å². The van der Waals surface area contributed by atoms with Gasteiger partial charge in [0.25, 0.3) is 0 Å². The molecule has 1 aromatic heterocycles. The SMILES string of the molecule is COCc1cc(=O)[nH]c2cc(NC(=O)C3CC(=O)N(c4cccc(OC)c4)C3)ccc12. The number of ether oxygens (including phenoxy) is 2. The van der Waals surface area contributed by atoms with E-state index in [1.807, 2.05) is 18.2 Å². The quantitative estimate of drug-likeness (QED) is 0.637. The van der Waals surface area contributed by atoms with Crippen LogP contribution in [0, 0.1) is 5.92 Å². The Hall–Kier alpha value is -3.65. The minimum atomic E-state index is -0.478. The minimum Gasteiger partial charge on any atom is -0.497 e. The van der Waals surface area contributed by atoms with Crippen LogP contribution in [0.2, 0.25) is 0 Å². The summed E-state index contributed by atoms with van der Waals surface area (Å²) in [7, 11) is 3.13. The third-order valence-electron chi connectivity index (χ3n) is 5.36. The molecule has 8 nitrogen and oxygen atoms in total. The average molecular weight is 421 g/mol. The first-order valence-electron chi connectivity index (χ1n) is 9.88. The number of nitrogens with zero attached hydrogens (tertiary/aromatic N) is 1. The lowest BCUT2D eigenvalue weighted by molar-refractivity contribution is -0.122. The van der Waals surface area contributed by atoms with Crippen LogP contribution in [0.4, 0.5) is 11.4 Å². The fraction of sp³-hybridized carbons (Fsp3) is 0.261. The van der Waals surface area contributed by atoms with E-state index in [9.17, 15) is 14.4 Å². The fourth-order valence-electron chi connectivity index (χ4n) is 3.84. The number of nitrogens with one attached hydrogen (secondary N) is 2. The van der Waals surface area contributed by atoms with Gasteiger partial charge in [0.1, 0.15) is 5.75 Å². The smallest absolute Gasteiger partial charge is 0.248 e. The highest BCUT2D eigenvalue weighted by Crippen LogP contribution is 2.29. The zero-order chi connectivity index (χ0) is 22.0. The van der Waals surface area contributed by atoms with Gasteiger partial charge < -0.3 is 24.7 Å². The highest BCUT2D eigenvalue weighted by Gasteiger charge is 2.35. The Balaban J connectivity index is 1.51. The van der Waals surface area contributed by atoms with Crippen molar-refractivity contribution < 1.29 is 19.1 Å². The van der Waals surface area contributed by atoms with Gasteiger partial charge in [-0.15, -0.1) is 0 Å². The Kier molecular flexibility index (Phi) is 5.73. The van der Waals surface area contributed by atoms with E-state index >= 15 is 0 Å². The van der Waals surface area contributed by atoms with E-state index in [0.29, 0.717) is 35.8 Å². The second kappa shape index (κ2) is 8.61. The zero-order valence-corrected chi connectivity index (χ0v) is 17.3. The van der Waals surface area contributed by atoms with Crippen molar-refractivity contribution in [3.05, 3.63) is 64.4 Å². The number of rotatable bonds is 6. The number of aromatic nitrogens is 1. The Bertz CT molecular complexity index is 1200. The van der Waals surface area contributed by atoms with Crippen molar-refractivity contribution in [2.24, 2.45) is 5.92 Å². The Labute approximate surface area is 178 Å². The number of hydrogen-bond donors (Lipinski definition) is 2. The summed E-state index contributed by atoms with van der Waals surface area (Å²) in [5.74, 6) is -0.182.